The average molecular weight is 649 g/mol. The zero-order chi connectivity index (χ0) is 30.8. The van der Waals surface area contributed by atoms with Crippen molar-refractivity contribution in [2.75, 3.05) is 11.8 Å². The third-order valence-electron chi connectivity index (χ3n) is 7.25. The minimum Gasteiger partial charge on any atom is -0.496 e. The first kappa shape index (κ1) is 29.7. The van der Waals surface area contributed by atoms with Gasteiger partial charge in [0, 0.05) is 23.6 Å². The molecule has 0 aliphatic rings. The summed E-state index contributed by atoms with van der Waals surface area (Å²) >= 11 is 6.94. The Morgan fingerprint density at radius 3 is 2.68 bits per heavy atom. The molecule has 3 aromatic heterocycles. The minimum atomic E-state index is -3.92. The standard InChI is InChI=1S/C31H29ClN6O4S2/c1-42-26-11-5-10-25-29(26)30(37-44(40,41)28-13-12-27(32)43-28)36-38(25)18-20-7-4-6-19(14-20)16-35-31(39)23(33)15-21-17-34-24-9-3-2-8-22(21)24/h2-14,17,23,34H,15-16,18,33H2,1H3,(H,35,39)(H,36,37). The zero-order valence-electron chi connectivity index (χ0n) is 23.6. The van der Waals surface area contributed by atoms with E-state index in [1.54, 1.807) is 10.7 Å². The highest BCUT2D eigenvalue weighted by atomic mass is 35.5. The minimum absolute atomic E-state index is 0.0796. The summed E-state index contributed by atoms with van der Waals surface area (Å²) in [4.78, 5) is 16.1. The topological polar surface area (TPSA) is 144 Å². The molecule has 1 atom stereocenters. The molecule has 3 aromatic carbocycles. The SMILES string of the molecule is COc1cccc2c1c(NS(=O)(=O)c1ccc(Cl)s1)nn2Cc1cccc(CNC(=O)C(N)Cc2c[nH]c3ccccc23)c1. The molecule has 0 fully saturated rings. The highest BCUT2D eigenvalue weighted by Crippen LogP contribution is 2.35. The fourth-order valence-electron chi connectivity index (χ4n) is 5.14. The van der Waals surface area contributed by atoms with E-state index in [9.17, 15) is 13.2 Å². The summed E-state index contributed by atoms with van der Waals surface area (Å²) in [5.41, 5.74) is 10.7. The van der Waals surface area contributed by atoms with Gasteiger partial charge in [0.1, 0.15) is 9.96 Å². The Labute approximate surface area is 262 Å². The van der Waals surface area contributed by atoms with Crippen molar-refractivity contribution in [3.63, 3.8) is 0 Å². The quantitative estimate of drug-likeness (QED) is 0.151. The molecule has 226 valence electrons. The number of rotatable bonds is 11. The molecule has 0 bridgehead atoms. The van der Waals surface area contributed by atoms with Crippen LogP contribution in [0.2, 0.25) is 4.34 Å². The molecule has 1 amide bonds. The molecule has 13 heteroatoms. The van der Waals surface area contributed by atoms with Gasteiger partial charge in [-0.25, -0.2) is 8.42 Å². The van der Waals surface area contributed by atoms with Gasteiger partial charge < -0.3 is 20.8 Å². The first-order valence-corrected chi connectivity index (χ1v) is 16.4. The Morgan fingerprint density at radius 2 is 1.89 bits per heavy atom. The molecule has 5 N–H and O–H groups in total. The number of nitrogens with two attached hydrogens (primary N) is 1. The van der Waals surface area contributed by atoms with E-state index in [2.05, 4.69) is 20.1 Å². The highest BCUT2D eigenvalue weighted by molar-refractivity contribution is 7.94. The molecule has 0 spiro atoms. The Bertz CT molecular complexity index is 2090. The van der Waals surface area contributed by atoms with E-state index in [-0.39, 0.29) is 15.9 Å². The summed E-state index contributed by atoms with van der Waals surface area (Å²) in [7, 11) is -2.40. The molecule has 0 saturated heterocycles. The van der Waals surface area contributed by atoms with E-state index in [0.717, 1.165) is 38.9 Å². The van der Waals surface area contributed by atoms with Crippen LogP contribution in [0.4, 0.5) is 5.82 Å². The van der Waals surface area contributed by atoms with Crippen LogP contribution in [-0.4, -0.2) is 42.2 Å². The number of methoxy groups -OCH3 is 1. The van der Waals surface area contributed by atoms with Crippen LogP contribution in [0.25, 0.3) is 21.8 Å². The van der Waals surface area contributed by atoms with Crippen molar-refractivity contribution >= 4 is 66.5 Å². The van der Waals surface area contributed by atoms with Crippen molar-refractivity contribution in [3.05, 3.63) is 106 Å². The molecule has 0 saturated carbocycles. The molecule has 10 nitrogen and oxygen atoms in total. The van der Waals surface area contributed by atoms with E-state index in [1.165, 1.54) is 19.2 Å². The first-order chi connectivity index (χ1) is 21.2. The first-order valence-electron chi connectivity index (χ1n) is 13.7. The monoisotopic (exact) mass is 648 g/mol. The smallest absolute Gasteiger partial charge is 0.272 e. The van der Waals surface area contributed by atoms with Gasteiger partial charge in [0.2, 0.25) is 5.91 Å². The van der Waals surface area contributed by atoms with Crippen LogP contribution in [0.5, 0.6) is 5.75 Å². The normalized spacial score (nSPS) is 12.4. The van der Waals surface area contributed by atoms with Gasteiger partial charge in [-0.1, -0.05) is 60.1 Å². The van der Waals surface area contributed by atoms with Crippen LogP contribution in [0.1, 0.15) is 16.7 Å². The van der Waals surface area contributed by atoms with E-state index >= 15 is 0 Å². The van der Waals surface area contributed by atoms with Gasteiger partial charge in [-0.3, -0.25) is 14.2 Å². The number of nitrogens with zero attached hydrogens (tertiary/aromatic N) is 2. The van der Waals surface area contributed by atoms with Crippen molar-refractivity contribution < 1.29 is 17.9 Å². The fraction of sp³-hybridized carbons (Fsp3) is 0.161. The number of fused-ring (bicyclic) bond motifs is 2. The number of ether oxygens (including phenoxy) is 1. The van der Waals surface area contributed by atoms with E-state index in [0.29, 0.717) is 40.5 Å². The molecular weight excluding hydrogens is 620 g/mol. The lowest BCUT2D eigenvalue weighted by Crippen LogP contribution is -2.41. The van der Waals surface area contributed by atoms with Gasteiger partial charge in [0.25, 0.3) is 10.0 Å². The number of halogens is 1. The molecule has 3 heterocycles. The molecule has 0 aliphatic carbocycles. The van der Waals surface area contributed by atoms with Crippen LogP contribution in [0.15, 0.2) is 89.3 Å². The number of thiophene rings is 1. The summed E-state index contributed by atoms with van der Waals surface area (Å²) < 4.78 is 36.5. The third-order valence-corrected chi connectivity index (χ3v) is 10.3. The third kappa shape index (κ3) is 6.15. The Hall–Kier alpha value is -4.36. The van der Waals surface area contributed by atoms with E-state index < -0.39 is 16.1 Å². The molecule has 0 radical (unpaired) electrons. The number of carbonyl (C=O) groups excluding carboxylic acids is 1. The number of benzene rings is 3. The lowest BCUT2D eigenvalue weighted by molar-refractivity contribution is -0.122. The van der Waals surface area contributed by atoms with Crippen LogP contribution < -0.4 is 20.5 Å². The number of hydrogen-bond donors (Lipinski definition) is 4. The van der Waals surface area contributed by atoms with Crippen LogP contribution in [-0.2, 0) is 34.3 Å². The molecule has 6 aromatic rings. The Balaban J connectivity index is 1.18. The maximum absolute atomic E-state index is 13.1. The second-order valence-corrected chi connectivity index (χ2v) is 13.9. The van der Waals surface area contributed by atoms with Crippen LogP contribution in [0, 0.1) is 0 Å². The van der Waals surface area contributed by atoms with Crippen molar-refractivity contribution in [1.82, 2.24) is 20.1 Å². The van der Waals surface area contributed by atoms with Gasteiger partial charge in [-0.05, 0) is 53.4 Å². The van der Waals surface area contributed by atoms with Gasteiger partial charge in [-0.2, -0.15) is 5.10 Å². The summed E-state index contributed by atoms with van der Waals surface area (Å²) in [5.74, 6) is 0.389. The Morgan fingerprint density at radius 1 is 1.09 bits per heavy atom. The predicted octanol–water partition coefficient (Wildman–Crippen LogP) is 5.28. The number of para-hydroxylation sites is 1. The summed E-state index contributed by atoms with van der Waals surface area (Å²) in [5, 5.41) is 9.16. The number of aromatic nitrogens is 3. The number of sulfonamides is 1. The number of anilines is 1. The van der Waals surface area contributed by atoms with Crippen LogP contribution >= 0.6 is 22.9 Å². The number of amides is 1. The Kier molecular flexibility index (Phi) is 8.32. The second-order valence-electron chi connectivity index (χ2n) is 10.2. The average Bonchev–Trinajstić information content (AvgIpc) is 3.74. The van der Waals surface area contributed by atoms with Gasteiger partial charge in [0.15, 0.2) is 5.82 Å². The number of hydrogen-bond acceptors (Lipinski definition) is 7. The lowest BCUT2D eigenvalue weighted by atomic mass is 10.0. The molecule has 44 heavy (non-hydrogen) atoms. The maximum Gasteiger partial charge on any atom is 0.272 e. The molecule has 6 rings (SSSR count). The van der Waals surface area contributed by atoms with E-state index in [4.69, 9.17) is 22.1 Å². The highest BCUT2D eigenvalue weighted by Gasteiger charge is 2.23. The van der Waals surface area contributed by atoms with Gasteiger partial charge >= 0.3 is 0 Å². The largest absolute Gasteiger partial charge is 0.496 e. The predicted molar refractivity (Wildman–Crippen MR) is 174 cm³/mol. The number of nitrogens with one attached hydrogen (secondary N) is 3. The van der Waals surface area contributed by atoms with Crippen molar-refractivity contribution in [2.45, 2.75) is 29.8 Å². The number of carbonyl (C=O) groups is 1. The van der Waals surface area contributed by atoms with E-state index in [1.807, 2.05) is 66.9 Å². The second kappa shape index (κ2) is 12.3. The lowest BCUT2D eigenvalue weighted by Gasteiger charge is -2.13. The maximum atomic E-state index is 13.1. The molecular formula is C31H29ClN6O4S2. The number of H-pyrrole nitrogens is 1. The van der Waals surface area contributed by atoms with Crippen molar-refractivity contribution in [3.8, 4) is 5.75 Å². The number of aromatic amines is 1. The fourth-order valence-corrected chi connectivity index (χ4v) is 7.63. The zero-order valence-corrected chi connectivity index (χ0v) is 26.0. The summed E-state index contributed by atoms with van der Waals surface area (Å²) in [6.45, 7) is 0.647. The molecule has 1 unspecified atom stereocenters. The summed E-state index contributed by atoms with van der Waals surface area (Å²) in [6.07, 6.45) is 2.31. The van der Waals surface area contributed by atoms with Crippen molar-refractivity contribution in [1.29, 1.82) is 0 Å². The van der Waals surface area contributed by atoms with Gasteiger partial charge in [0.05, 0.1) is 34.9 Å². The van der Waals surface area contributed by atoms with Crippen LogP contribution in [0.3, 0.4) is 0 Å². The van der Waals surface area contributed by atoms with Gasteiger partial charge in [-0.15, -0.1) is 11.3 Å². The van der Waals surface area contributed by atoms with Crippen molar-refractivity contribution in [2.24, 2.45) is 5.73 Å². The molecule has 0 aliphatic heterocycles. The summed E-state index contributed by atoms with van der Waals surface area (Å²) in [6, 6.07) is 23.4.